The number of nitrogens with zero attached hydrogens (tertiary/aromatic N) is 4. The van der Waals surface area contributed by atoms with Crippen LogP contribution in [-0.4, -0.2) is 42.9 Å². The summed E-state index contributed by atoms with van der Waals surface area (Å²) in [4.78, 5) is 44.7. The van der Waals surface area contributed by atoms with E-state index in [0.29, 0.717) is 22.4 Å². The number of H-pyrrole nitrogens is 1. The number of aryl methyl sites for hydroxylation is 2. The van der Waals surface area contributed by atoms with Gasteiger partial charge in [-0.25, -0.2) is 19.7 Å². The lowest BCUT2D eigenvalue weighted by atomic mass is 10.0. The van der Waals surface area contributed by atoms with Gasteiger partial charge in [-0.05, 0) is 32.4 Å². The first kappa shape index (κ1) is 18.5. The average molecular weight is 390 g/mol. The summed E-state index contributed by atoms with van der Waals surface area (Å²) in [5, 5.41) is 3.50. The number of hydrogen-bond acceptors (Lipinski definition) is 7. The Bertz CT molecular complexity index is 1250. The van der Waals surface area contributed by atoms with Crippen LogP contribution in [0.1, 0.15) is 28.5 Å². The van der Waals surface area contributed by atoms with Gasteiger partial charge in [0.05, 0.1) is 23.1 Å². The number of ether oxygens (including phenoxy) is 1. The lowest BCUT2D eigenvalue weighted by molar-refractivity contribution is -0.123. The molecule has 1 amide bonds. The lowest BCUT2D eigenvalue weighted by Gasteiger charge is -2.16. The number of aromatic nitrogens is 5. The molecule has 0 saturated carbocycles. The van der Waals surface area contributed by atoms with E-state index < -0.39 is 18.0 Å². The van der Waals surface area contributed by atoms with Crippen LogP contribution in [0.25, 0.3) is 22.1 Å². The summed E-state index contributed by atoms with van der Waals surface area (Å²) in [5.74, 6) is -0.854. The second-order valence-electron chi connectivity index (χ2n) is 6.57. The van der Waals surface area contributed by atoms with Gasteiger partial charge in [0.2, 0.25) is 0 Å². The monoisotopic (exact) mass is 390 g/mol. The predicted molar refractivity (Wildman–Crippen MR) is 106 cm³/mol. The van der Waals surface area contributed by atoms with Crippen LogP contribution in [0.3, 0.4) is 0 Å². The number of anilines is 1. The third kappa shape index (κ3) is 3.38. The highest BCUT2D eigenvalue weighted by Gasteiger charge is 2.24. The van der Waals surface area contributed by atoms with Crippen LogP contribution in [0, 0.1) is 13.8 Å². The zero-order chi connectivity index (χ0) is 20.5. The Kier molecular flexibility index (Phi) is 4.63. The van der Waals surface area contributed by atoms with Crippen molar-refractivity contribution in [3.8, 4) is 0 Å². The highest BCUT2D eigenvalue weighted by molar-refractivity contribution is 6.02. The van der Waals surface area contributed by atoms with Crippen LogP contribution in [0.4, 0.5) is 5.82 Å². The molecule has 3 aromatic heterocycles. The smallest absolute Gasteiger partial charge is 0.341 e. The third-order valence-electron chi connectivity index (χ3n) is 4.65. The molecule has 146 valence electrons. The molecule has 0 aliphatic heterocycles. The summed E-state index contributed by atoms with van der Waals surface area (Å²) in [6, 6.07) is 7.56. The topological polar surface area (TPSA) is 123 Å². The van der Waals surface area contributed by atoms with Crippen molar-refractivity contribution in [2.75, 3.05) is 5.32 Å². The summed E-state index contributed by atoms with van der Waals surface area (Å²) in [6.07, 6.45) is 1.71. The first-order chi connectivity index (χ1) is 14.0. The molecule has 0 bridgehead atoms. The molecular formula is C20H18N6O3. The van der Waals surface area contributed by atoms with E-state index in [9.17, 15) is 9.59 Å². The minimum Gasteiger partial charge on any atom is -0.449 e. The highest BCUT2D eigenvalue weighted by atomic mass is 16.5. The normalized spacial score (nSPS) is 12.1. The van der Waals surface area contributed by atoms with E-state index in [2.05, 4.69) is 30.2 Å². The third-order valence-corrected chi connectivity index (χ3v) is 4.65. The van der Waals surface area contributed by atoms with Gasteiger partial charge in [0.25, 0.3) is 5.91 Å². The second kappa shape index (κ2) is 7.27. The number of hydrogen-bond donors (Lipinski definition) is 2. The first-order valence-electron chi connectivity index (χ1n) is 8.97. The number of aromatic amines is 1. The summed E-state index contributed by atoms with van der Waals surface area (Å²) in [7, 11) is 0. The molecule has 4 rings (SSSR count). The minimum atomic E-state index is -1.04. The Balaban J connectivity index is 1.54. The zero-order valence-corrected chi connectivity index (χ0v) is 16.1. The fraction of sp³-hybridized carbons (Fsp3) is 0.200. The molecule has 9 heteroatoms. The van der Waals surface area contributed by atoms with E-state index in [-0.39, 0.29) is 5.82 Å². The summed E-state index contributed by atoms with van der Waals surface area (Å²) >= 11 is 0. The Morgan fingerprint density at radius 2 is 1.93 bits per heavy atom. The van der Waals surface area contributed by atoms with E-state index in [1.165, 1.54) is 19.6 Å². The molecule has 1 atom stereocenters. The number of carbonyl (C=O) groups excluding carboxylic acids is 2. The Labute approximate surface area is 165 Å². The van der Waals surface area contributed by atoms with Gasteiger partial charge in [-0.3, -0.25) is 9.78 Å². The van der Waals surface area contributed by atoms with Gasteiger partial charge in [-0.15, -0.1) is 0 Å². The molecule has 4 aromatic rings. The number of amides is 1. The van der Waals surface area contributed by atoms with Crippen LogP contribution in [-0.2, 0) is 9.53 Å². The maximum absolute atomic E-state index is 12.8. The van der Waals surface area contributed by atoms with Crippen molar-refractivity contribution in [2.24, 2.45) is 0 Å². The predicted octanol–water partition coefficient (Wildman–Crippen LogP) is 2.70. The van der Waals surface area contributed by atoms with E-state index >= 15 is 0 Å². The molecule has 29 heavy (non-hydrogen) atoms. The van der Waals surface area contributed by atoms with Gasteiger partial charge in [-0.1, -0.05) is 18.2 Å². The van der Waals surface area contributed by atoms with Gasteiger partial charge in [-0.2, -0.15) is 0 Å². The Morgan fingerprint density at radius 1 is 1.14 bits per heavy atom. The van der Waals surface area contributed by atoms with Gasteiger partial charge >= 0.3 is 5.97 Å². The van der Waals surface area contributed by atoms with E-state index in [4.69, 9.17) is 4.74 Å². The minimum absolute atomic E-state index is 0.264. The molecule has 0 aliphatic carbocycles. The van der Waals surface area contributed by atoms with Crippen molar-refractivity contribution < 1.29 is 14.3 Å². The number of rotatable bonds is 4. The van der Waals surface area contributed by atoms with E-state index in [0.717, 1.165) is 16.5 Å². The molecule has 2 N–H and O–H groups in total. The standard InChI is InChI=1S/C20H18N6O3/c1-10-13-6-4-5-7-14(13)25-11(2)15(10)20(28)29-12(3)19(27)26-18-16-17(22-8-21-16)23-9-24-18/h4-9,12H,1-3H3,(H2,21,22,23,24,26,27). The summed E-state index contributed by atoms with van der Waals surface area (Å²) in [5.41, 5.74) is 3.39. The Morgan fingerprint density at radius 3 is 2.76 bits per heavy atom. The molecule has 0 fully saturated rings. The molecular weight excluding hydrogens is 372 g/mol. The number of esters is 1. The summed E-state index contributed by atoms with van der Waals surface area (Å²) in [6.45, 7) is 5.09. The molecule has 1 unspecified atom stereocenters. The SMILES string of the molecule is Cc1nc2ccccc2c(C)c1C(=O)OC(C)C(=O)Nc1ncnc2nc[nH]c12. The zero-order valence-electron chi connectivity index (χ0n) is 16.1. The highest BCUT2D eigenvalue weighted by Crippen LogP contribution is 2.23. The number of fused-ring (bicyclic) bond motifs is 2. The molecule has 0 saturated heterocycles. The fourth-order valence-electron chi connectivity index (χ4n) is 3.18. The molecule has 0 spiro atoms. The van der Waals surface area contributed by atoms with Crippen molar-refractivity contribution >= 4 is 39.8 Å². The molecule has 1 aromatic carbocycles. The number of nitrogens with one attached hydrogen (secondary N) is 2. The van der Waals surface area contributed by atoms with Crippen molar-refractivity contribution in [1.29, 1.82) is 0 Å². The molecule has 0 aliphatic rings. The van der Waals surface area contributed by atoms with Crippen molar-refractivity contribution in [3.63, 3.8) is 0 Å². The largest absolute Gasteiger partial charge is 0.449 e. The van der Waals surface area contributed by atoms with Gasteiger partial charge in [0.1, 0.15) is 11.8 Å². The molecule has 9 nitrogen and oxygen atoms in total. The van der Waals surface area contributed by atoms with Crippen molar-refractivity contribution in [1.82, 2.24) is 24.9 Å². The molecule has 3 heterocycles. The van der Waals surface area contributed by atoms with Gasteiger partial charge < -0.3 is 15.0 Å². The quantitative estimate of drug-likeness (QED) is 0.514. The summed E-state index contributed by atoms with van der Waals surface area (Å²) < 4.78 is 5.41. The lowest BCUT2D eigenvalue weighted by Crippen LogP contribution is -2.31. The van der Waals surface area contributed by atoms with Crippen LogP contribution < -0.4 is 5.32 Å². The fourth-order valence-corrected chi connectivity index (χ4v) is 3.18. The van der Waals surface area contributed by atoms with Crippen LogP contribution in [0.5, 0.6) is 0 Å². The maximum Gasteiger partial charge on any atom is 0.341 e. The number of pyridine rings is 1. The number of benzene rings is 1. The van der Waals surface area contributed by atoms with Gasteiger partial charge in [0, 0.05) is 5.39 Å². The molecule has 0 radical (unpaired) electrons. The van der Waals surface area contributed by atoms with Crippen molar-refractivity contribution in [3.05, 3.63) is 53.7 Å². The number of para-hydroxylation sites is 1. The van der Waals surface area contributed by atoms with Crippen LogP contribution in [0.2, 0.25) is 0 Å². The van der Waals surface area contributed by atoms with Gasteiger partial charge in [0.15, 0.2) is 17.6 Å². The van der Waals surface area contributed by atoms with Crippen LogP contribution in [0.15, 0.2) is 36.9 Å². The van der Waals surface area contributed by atoms with Crippen molar-refractivity contribution in [2.45, 2.75) is 26.9 Å². The first-order valence-corrected chi connectivity index (χ1v) is 8.97. The maximum atomic E-state index is 12.8. The van der Waals surface area contributed by atoms with Crippen LogP contribution >= 0.6 is 0 Å². The second-order valence-corrected chi connectivity index (χ2v) is 6.57. The average Bonchev–Trinajstić information content (AvgIpc) is 3.17. The van der Waals surface area contributed by atoms with E-state index in [1.807, 2.05) is 31.2 Å². The van der Waals surface area contributed by atoms with E-state index in [1.54, 1.807) is 6.92 Å². The number of carbonyl (C=O) groups is 2. The Hall–Kier alpha value is -3.88. The number of imidazole rings is 1.